The molecule has 1 saturated carbocycles. The Bertz CT molecular complexity index is 921. The molecule has 1 aliphatic carbocycles. The van der Waals surface area contributed by atoms with Gasteiger partial charge in [0.1, 0.15) is 5.69 Å². The van der Waals surface area contributed by atoms with E-state index >= 15 is 0 Å². The summed E-state index contributed by atoms with van der Waals surface area (Å²) in [6, 6.07) is 4.87. The van der Waals surface area contributed by atoms with Crippen LogP contribution in [-0.4, -0.2) is 48.5 Å². The Morgan fingerprint density at radius 1 is 1.30 bits per heavy atom. The summed E-state index contributed by atoms with van der Waals surface area (Å²) in [6.45, 7) is 3.25. The maximum absolute atomic E-state index is 12.8. The first kappa shape index (κ1) is 18.2. The van der Waals surface area contributed by atoms with Crippen LogP contribution in [0.2, 0.25) is 0 Å². The lowest BCUT2D eigenvalue weighted by Crippen LogP contribution is -2.43. The molecule has 9 heteroatoms. The molecule has 0 spiro atoms. The molecular weight excluding hydrogens is 368 g/mol. The number of furan rings is 1. The molecular formula is C18H24N4O4S. The molecule has 1 saturated heterocycles. The Balaban J connectivity index is 1.38. The second-order valence-electron chi connectivity index (χ2n) is 7.42. The number of rotatable bonds is 6. The number of carbonyl (C=O) groups is 1. The number of hydrogen-bond acceptors (Lipinski definition) is 5. The van der Waals surface area contributed by atoms with Crippen LogP contribution in [0.5, 0.6) is 0 Å². The lowest BCUT2D eigenvalue weighted by molar-refractivity contribution is -0.126. The summed E-state index contributed by atoms with van der Waals surface area (Å²) in [5, 5.41) is 9.79. The minimum Gasteiger partial charge on any atom is -0.442 e. The topological polar surface area (TPSA) is 108 Å². The lowest BCUT2D eigenvalue weighted by atomic mass is 9.97. The van der Waals surface area contributed by atoms with Crippen molar-refractivity contribution >= 4 is 15.9 Å². The highest BCUT2D eigenvalue weighted by Gasteiger charge is 2.34. The number of nitrogens with zero attached hydrogens (tertiary/aromatic N) is 2. The summed E-state index contributed by atoms with van der Waals surface area (Å²) in [6.07, 6.45) is 3.45. The number of hydrogen-bond donors (Lipinski definition) is 2. The van der Waals surface area contributed by atoms with Crippen LogP contribution in [0.25, 0.3) is 11.5 Å². The third-order valence-corrected chi connectivity index (χ3v) is 6.99. The van der Waals surface area contributed by atoms with Crippen LogP contribution in [0, 0.1) is 18.8 Å². The Labute approximate surface area is 158 Å². The van der Waals surface area contributed by atoms with Gasteiger partial charge in [-0.3, -0.25) is 9.89 Å². The number of sulfonamides is 1. The van der Waals surface area contributed by atoms with Crippen molar-refractivity contribution in [3.8, 4) is 11.5 Å². The molecule has 0 unspecified atom stereocenters. The van der Waals surface area contributed by atoms with Crippen LogP contribution in [0.4, 0.5) is 0 Å². The molecule has 0 bridgehead atoms. The SMILES string of the molecule is Cc1cc(-c2ccc(S(=O)(=O)N3CCC(C(=O)NCC4CC4)CC3)o2)n[nH]1. The Hall–Kier alpha value is -2.13. The summed E-state index contributed by atoms with van der Waals surface area (Å²) in [5.41, 5.74) is 1.44. The van der Waals surface area contributed by atoms with Crippen molar-refractivity contribution in [2.24, 2.45) is 11.8 Å². The van der Waals surface area contributed by atoms with Gasteiger partial charge in [-0.1, -0.05) is 0 Å². The third-order valence-electron chi connectivity index (χ3n) is 5.22. The molecule has 1 amide bonds. The van der Waals surface area contributed by atoms with E-state index < -0.39 is 10.0 Å². The molecule has 2 aliphatic rings. The molecule has 2 aromatic heterocycles. The van der Waals surface area contributed by atoms with E-state index in [0.717, 1.165) is 12.2 Å². The van der Waals surface area contributed by atoms with E-state index in [-0.39, 0.29) is 16.9 Å². The van der Waals surface area contributed by atoms with Crippen LogP contribution in [0.3, 0.4) is 0 Å². The quantitative estimate of drug-likeness (QED) is 0.781. The van der Waals surface area contributed by atoms with Crippen LogP contribution in [0.15, 0.2) is 27.7 Å². The molecule has 2 aromatic rings. The zero-order chi connectivity index (χ0) is 19.0. The Morgan fingerprint density at radius 3 is 2.67 bits per heavy atom. The average molecular weight is 392 g/mol. The number of aromatic amines is 1. The highest BCUT2D eigenvalue weighted by Crippen LogP contribution is 2.29. The standard InChI is InChI=1S/C18H24N4O4S/c1-12-10-15(21-20-12)16-4-5-17(26-16)27(24,25)22-8-6-14(7-9-22)18(23)19-11-13-2-3-13/h4-5,10,13-14H,2-3,6-9,11H2,1H3,(H,19,23)(H,20,21). The highest BCUT2D eigenvalue weighted by atomic mass is 32.2. The Kier molecular flexibility index (Phi) is 4.81. The smallest absolute Gasteiger partial charge is 0.276 e. The molecule has 2 fully saturated rings. The van der Waals surface area contributed by atoms with Gasteiger partial charge in [0, 0.05) is 31.2 Å². The van der Waals surface area contributed by atoms with E-state index in [9.17, 15) is 13.2 Å². The summed E-state index contributed by atoms with van der Waals surface area (Å²) in [7, 11) is -3.71. The number of aromatic nitrogens is 2. The van der Waals surface area contributed by atoms with E-state index in [1.807, 2.05) is 6.92 Å². The molecule has 1 aliphatic heterocycles. The van der Waals surface area contributed by atoms with E-state index in [1.165, 1.54) is 23.2 Å². The highest BCUT2D eigenvalue weighted by molar-refractivity contribution is 7.89. The minimum atomic E-state index is -3.71. The largest absolute Gasteiger partial charge is 0.442 e. The predicted molar refractivity (Wildman–Crippen MR) is 98.2 cm³/mol. The maximum atomic E-state index is 12.8. The fourth-order valence-electron chi connectivity index (χ4n) is 3.34. The lowest BCUT2D eigenvalue weighted by Gasteiger charge is -2.29. The van der Waals surface area contributed by atoms with Gasteiger partial charge in [-0.15, -0.1) is 0 Å². The number of aryl methyl sites for hydroxylation is 1. The molecule has 3 heterocycles. The second kappa shape index (κ2) is 7.12. The summed E-state index contributed by atoms with van der Waals surface area (Å²) >= 11 is 0. The van der Waals surface area contributed by atoms with Crippen LogP contribution in [-0.2, 0) is 14.8 Å². The van der Waals surface area contributed by atoms with Crippen LogP contribution >= 0.6 is 0 Å². The van der Waals surface area contributed by atoms with Crippen molar-refractivity contribution in [2.45, 2.75) is 37.7 Å². The van der Waals surface area contributed by atoms with Gasteiger partial charge in [-0.05, 0) is 56.7 Å². The van der Waals surface area contributed by atoms with Gasteiger partial charge >= 0.3 is 0 Å². The minimum absolute atomic E-state index is 0.0492. The predicted octanol–water partition coefficient (Wildman–Crippen LogP) is 1.91. The second-order valence-corrected chi connectivity index (χ2v) is 9.29. The third kappa shape index (κ3) is 3.93. The number of nitrogens with one attached hydrogen (secondary N) is 2. The molecule has 2 N–H and O–H groups in total. The zero-order valence-electron chi connectivity index (χ0n) is 15.3. The first-order valence-corrected chi connectivity index (χ1v) is 10.8. The van der Waals surface area contributed by atoms with Crippen molar-refractivity contribution in [2.75, 3.05) is 19.6 Å². The maximum Gasteiger partial charge on any atom is 0.276 e. The first-order chi connectivity index (χ1) is 12.9. The van der Waals surface area contributed by atoms with Gasteiger partial charge < -0.3 is 9.73 Å². The fraction of sp³-hybridized carbons (Fsp3) is 0.556. The summed E-state index contributed by atoms with van der Waals surface area (Å²) in [5.74, 6) is 0.982. The number of amides is 1. The zero-order valence-corrected chi connectivity index (χ0v) is 16.1. The summed E-state index contributed by atoms with van der Waals surface area (Å²) < 4.78 is 32.6. The van der Waals surface area contributed by atoms with Crippen LogP contribution in [0.1, 0.15) is 31.4 Å². The van der Waals surface area contributed by atoms with Crippen LogP contribution < -0.4 is 5.32 Å². The molecule has 146 valence electrons. The normalized spacial score (nSPS) is 19.3. The Morgan fingerprint density at radius 2 is 2.04 bits per heavy atom. The first-order valence-electron chi connectivity index (χ1n) is 9.33. The van der Waals surface area contributed by atoms with Gasteiger partial charge in [0.15, 0.2) is 5.76 Å². The average Bonchev–Trinajstić information content (AvgIpc) is 3.16. The van der Waals surface area contributed by atoms with Crippen molar-refractivity contribution < 1.29 is 17.6 Å². The molecule has 4 rings (SSSR count). The molecule has 0 atom stereocenters. The molecule has 0 aromatic carbocycles. The van der Waals surface area contributed by atoms with Crippen molar-refractivity contribution in [3.63, 3.8) is 0 Å². The van der Waals surface area contributed by atoms with Gasteiger partial charge in [0.05, 0.1) is 0 Å². The molecule has 27 heavy (non-hydrogen) atoms. The molecule has 8 nitrogen and oxygen atoms in total. The number of H-pyrrole nitrogens is 1. The van der Waals surface area contributed by atoms with Gasteiger partial charge in [-0.2, -0.15) is 9.40 Å². The van der Waals surface area contributed by atoms with Crippen molar-refractivity contribution in [3.05, 3.63) is 23.9 Å². The number of piperidine rings is 1. The summed E-state index contributed by atoms with van der Waals surface area (Å²) in [4.78, 5) is 12.2. The fourth-order valence-corrected chi connectivity index (χ4v) is 4.72. The van der Waals surface area contributed by atoms with Gasteiger partial charge in [0.25, 0.3) is 10.0 Å². The van der Waals surface area contributed by atoms with Gasteiger partial charge in [0.2, 0.25) is 11.0 Å². The monoisotopic (exact) mass is 392 g/mol. The van der Waals surface area contributed by atoms with E-state index in [4.69, 9.17) is 4.42 Å². The van der Waals surface area contributed by atoms with E-state index in [2.05, 4.69) is 15.5 Å². The van der Waals surface area contributed by atoms with Gasteiger partial charge in [-0.25, -0.2) is 8.42 Å². The molecule has 0 radical (unpaired) electrons. The van der Waals surface area contributed by atoms with E-state index in [1.54, 1.807) is 12.1 Å². The van der Waals surface area contributed by atoms with E-state index in [0.29, 0.717) is 43.3 Å². The van der Waals surface area contributed by atoms with Crippen molar-refractivity contribution in [1.29, 1.82) is 0 Å². The van der Waals surface area contributed by atoms with Crippen molar-refractivity contribution in [1.82, 2.24) is 19.8 Å². The number of carbonyl (C=O) groups excluding carboxylic acids is 1.